The Kier molecular flexibility index (Phi) is 3.98. The van der Waals surface area contributed by atoms with E-state index >= 15 is 0 Å². The molecular weight excluding hydrogens is 328 g/mol. The lowest BCUT2D eigenvalue weighted by atomic mass is 10.1. The van der Waals surface area contributed by atoms with Crippen molar-refractivity contribution in [2.75, 3.05) is 0 Å². The molecule has 0 saturated carbocycles. The van der Waals surface area contributed by atoms with E-state index in [1.165, 1.54) is 5.56 Å². The number of aryl methyl sites for hydroxylation is 2. The molecule has 25 heavy (non-hydrogen) atoms. The highest BCUT2D eigenvalue weighted by molar-refractivity contribution is 7.22. The first-order valence-electron chi connectivity index (χ1n) is 8.23. The highest BCUT2D eigenvalue weighted by atomic mass is 32.1. The summed E-state index contributed by atoms with van der Waals surface area (Å²) >= 11 is 1.58. The summed E-state index contributed by atoms with van der Waals surface area (Å²) in [7, 11) is 0. The number of rotatable bonds is 3. The van der Waals surface area contributed by atoms with Crippen molar-refractivity contribution in [3.8, 4) is 10.4 Å². The van der Waals surface area contributed by atoms with Crippen LogP contribution in [0.3, 0.4) is 0 Å². The lowest BCUT2D eigenvalue weighted by Crippen LogP contribution is -2.21. The Morgan fingerprint density at radius 2 is 1.72 bits per heavy atom. The van der Waals surface area contributed by atoms with Gasteiger partial charge in [0.2, 0.25) is 0 Å². The Hall–Kier alpha value is -2.72. The molecule has 0 aliphatic heterocycles. The fraction of sp³-hybridized carbons (Fsp3) is 0.143. The first kappa shape index (κ1) is 15.8. The van der Waals surface area contributed by atoms with Crippen LogP contribution in [0, 0.1) is 13.8 Å². The van der Waals surface area contributed by atoms with Crippen molar-refractivity contribution in [3.63, 3.8) is 0 Å². The van der Waals surface area contributed by atoms with Gasteiger partial charge < -0.3 is 0 Å². The summed E-state index contributed by atoms with van der Waals surface area (Å²) in [4.78, 5) is 19.5. The van der Waals surface area contributed by atoms with Gasteiger partial charge in [-0.25, -0.2) is 4.98 Å². The highest BCUT2D eigenvalue weighted by Crippen LogP contribution is 2.35. The lowest BCUT2D eigenvalue weighted by molar-refractivity contribution is 0.749. The number of aromatic nitrogens is 2. The number of benzene rings is 2. The van der Waals surface area contributed by atoms with E-state index in [1.54, 1.807) is 22.2 Å². The molecular formula is C21H18N2OS. The topological polar surface area (TPSA) is 34.9 Å². The van der Waals surface area contributed by atoms with Crippen molar-refractivity contribution < 1.29 is 0 Å². The number of fused-ring (bicyclic) bond motifs is 1. The monoisotopic (exact) mass is 346 g/mol. The van der Waals surface area contributed by atoms with Crippen LogP contribution in [-0.2, 0) is 6.54 Å². The first-order chi connectivity index (χ1) is 12.1. The third-order valence-corrected chi connectivity index (χ3v) is 5.68. The molecule has 0 radical (unpaired) electrons. The van der Waals surface area contributed by atoms with Crippen molar-refractivity contribution in [1.29, 1.82) is 0 Å². The van der Waals surface area contributed by atoms with Crippen molar-refractivity contribution >= 4 is 21.6 Å². The van der Waals surface area contributed by atoms with Gasteiger partial charge in [0.25, 0.3) is 5.56 Å². The summed E-state index contributed by atoms with van der Waals surface area (Å²) in [5.41, 5.74) is 4.49. The van der Waals surface area contributed by atoms with Gasteiger partial charge in [0.05, 0.1) is 18.3 Å². The van der Waals surface area contributed by atoms with Crippen LogP contribution in [0.2, 0.25) is 0 Å². The van der Waals surface area contributed by atoms with Crippen LogP contribution in [0.1, 0.15) is 16.7 Å². The molecule has 0 unspecified atom stereocenters. The van der Waals surface area contributed by atoms with Crippen LogP contribution < -0.4 is 5.56 Å². The van der Waals surface area contributed by atoms with Crippen LogP contribution in [0.25, 0.3) is 20.7 Å². The van der Waals surface area contributed by atoms with E-state index in [-0.39, 0.29) is 5.56 Å². The van der Waals surface area contributed by atoms with Gasteiger partial charge in [-0.15, -0.1) is 11.3 Å². The maximum atomic E-state index is 13.0. The predicted octanol–water partition coefficient (Wildman–Crippen LogP) is 4.79. The standard InChI is InChI=1S/C21H18N2OS/c1-14-8-10-16(11-9-14)12-23-13-22-20-18(21(23)24)15(2)19(25-20)17-6-4-3-5-7-17/h3-11,13H,12H2,1-2H3. The fourth-order valence-corrected chi connectivity index (χ4v) is 4.17. The minimum Gasteiger partial charge on any atom is -0.294 e. The lowest BCUT2D eigenvalue weighted by Gasteiger charge is -2.06. The molecule has 4 heteroatoms. The molecule has 2 aromatic carbocycles. The Labute approximate surface area is 150 Å². The minimum atomic E-state index is 0.0292. The average molecular weight is 346 g/mol. The summed E-state index contributed by atoms with van der Waals surface area (Å²) in [5, 5.41) is 0.735. The Balaban J connectivity index is 1.81. The predicted molar refractivity (Wildman–Crippen MR) is 104 cm³/mol. The van der Waals surface area contributed by atoms with Gasteiger partial charge in [0.15, 0.2) is 0 Å². The van der Waals surface area contributed by atoms with Crippen LogP contribution >= 0.6 is 11.3 Å². The minimum absolute atomic E-state index is 0.0292. The van der Waals surface area contributed by atoms with E-state index in [0.717, 1.165) is 31.8 Å². The normalized spacial score (nSPS) is 11.1. The maximum Gasteiger partial charge on any atom is 0.262 e. The van der Waals surface area contributed by atoms with Gasteiger partial charge in [-0.3, -0.25) is 9.36 Å². The van der Waals surface area contributed by atoms with Crippen molar-refractivity contribution in [3.05, 3.63) is 88.0 Å². The number of thiophene rings is 1. The smallest absolute Gasteiger partial charge is 0.262 e. The van der Waals surface area contributed by atoms with E-state index < -0.39 is 0 Å². The summed E-state index contributed by atoms with van der Waals surface area (Å²) in [5.74, 6) is 0. The van der Waals surface area contributed by atoms with E-state index in [0.29, 0.717) is 6.54 Å². The van der Waals surface area contributed by atoms with Crippen LogP contribution in [0.4, 0.5) is 0 Å². The molecule has 2 aromatic heterocycles. The molecule has 4 rings (SSSR count). The second-order valence-electron chi connectivity index (χ2n) is 6.27. The second-order valence-corrected chi connectivity index (χ2v) is 7.26. The number of hydrogen-bond acceptors (Lipinski definition) is 3. The molecule has 0 aliphatic carbocycles. The van der Waals surface area contributed by atoms with Crippen LogP contribution in [0.15, 0.2) is 65.7 Å². The van der Waals surface area contributed by atoms with E-state index in [9.17, 15) is 4.79 Å². The summed E-state index contributed by atoms with van der Waals surface area (Å²) < 4.78 is 1.70. The quantitative estimate of drug-likeness (QED) is 0.534. The Morgan fingerprint density at radius 3 is 2.44 bits per heavy atom. The third-order valence-electron chi connectivity index (χ3n) is 4.43. The maximum absolute atomic E-state index is 13.0. The molecule has 0 amide bonds. The zero-order chi connectivity index (χ0) is 17.4. The molecule has 0 fully saturated rings. The summed E-state index contributed by atoms with van der Waals surface area (Å²) in [6, 6.07) is 18.4. The zero-order valence-electron chi connectivity index (χ0n) is 14.2. The van der Waals surface area contributed by atoms with Gasteiger partial charge in [-0.05, 0) is 30.5 Å². The molecule has 124 valence electrons. The van der Waals surface area contributed by atoms with Gasteiger partial charge in [0.1, 0.15) is 4.83 Å². The highest BCUT2D eigenvalue weighted by Gasteiger charge is 2.15. The third kappa shape index (κ3) is 2.89. The molecule has 2 heterocycles. The van der Waals surface area contributed by atoms with Crippen molar-refractivity contribution in [2.24, 2.45) is 0 Å². The second kappa shape index (κ2) is 6.30. The molecule has 0 saturated heterocycles. The van der Waals surface area contributed by atoms with Crippen LogP contribution in [0.5, 0.6) is 0 Å². The Morgan fingerprint density at radius 1 is 1.00 bits per heavy atom. The van der Waals surface area contributed by atoms with Gasteiger partial charge in [-0.2, -0.15) is 0 Å². The van der Waals surface area contributed by atoms with Crippen molar-refractivity contribution in [1.82, 2.24) is 9.55 Å². The zero-order valence-corrected chi connectivity index (χ0v) is 15.0. The average Bonchev–Trinajstić information content (AvgIpc) is 2.97. The Bertz CT molecular complexity index is 1090. The molecule has 3 nitrogen and oxygen atoms in total. The van der Waals surface area contributed by atoms with Gasteiger partial charge >= 0.3 is 0 Å². The summed E-state index contributed by atoms with van der Waals surface area (Å²) in [6.07, 6.45) is 1.66. The first-order valence-corrected chi connectivity index (χ1v) is 9.04. The van der Waals surface area contributed by atoms with Gasteiger partial charge in [-0.1, -0.05) is 60.2 Å². The van der Waals surface area contributed by atoms with E-state index in [2.05, 4.69) is 48.3 Å². The van der Waals surface area contributed by atoms with Crippen molar-refractivity contribution in [2.45, 2.75) is 20.4 Å². The number of nitrogens with zero attached hydrogens (tertiary/aromatic N) is 2. The molecule has 0 atom stereocenters. The SMILES string of the molecule is Cc1ccc(Cn2cnc3sc(-c4ccccc4)c(C)c3c2=O)cc1. The molecule has 4 aromatic rings. The van der Waals surface area contributed by atoms with E-state index in [4.69, 9.17) is 0 Å². The molecule has 0 N–H and O–H groups in total. The fourth-order valence-electron chi connectivity index (χ4n) is 3.03. The largest absolute Gasteiger partial charge is 0.294 e. The molecule has 0 spiro atoms. The molecule has 0 aliphatic rings. The summed E-state index contributed by atoms with van der Waals surface area (Å²) in [6.45, 7) is 4.61. The molecule has 0 bridgehead atoms. The van der Waals surface area contributed by atoms with Crippen LogP contribution in [-0.4, -0.2) is 9.55 Å². The van der Waals surface area contributed by atoms with Gasteiger partial charge in [0, 0.05) is 4.88 Å². The number of hydrogen-bond donors (Lipinski definition) is 0. The van der Waals surface area contributed by atoms with E-state index in [1.807, 2.05) is 25.1 Å².